The predicted octanol–water partition coefficient (Wildman–Crippen LogP) is 1.21. The average Bonchev–Trinajstić information content (AvgIpc) is 2.93. The van der Waals surface area contributed by atoms with Gasteiger partial charge in [0.15, 0.2) is 6.10 Å². The molecule has 0 saturated carbocycles. The van der Waals surface area contributed by atoms with Crippen LogP contribution in [0.2, 0.25) is 0 Å². The summed E-state index contributed by atoms with van der Waals surface area (Å²) in [5.74, 6) is 0.404. The summed E-state index contributed by atoms with van der Waals surface area (Å²) in [6.07, 6.45) is 1.04. The standard InChI is InChI=1S/C16H19N3O4S/c1-24-10-14-17-11-4-2-3-5-12(11)19(14)9-15(20)18-6-7-23-13(8-18)16(21)22/h2-5,13H,6-10H2,1H3,(H,21,22)/t13-/m0/s1. The van der Waals surface area contributed by atoms with Crippen LogP contribution in [0.3, 0.4) is 0 Å². The molecule has 2 heterocycles. The minimum absolute atomic E-state index is 0.0820. The minimum atomic E-state index is -1.04. The first kappa shape index (κ1) is 16.8. The third-order valence-corrected chi connectivity index (χ3v) is 4.54. The Hall–Kier alpha value is -2.06. The molecule has 0 radical (unpaired) electrons. The van der Waals surface area contributed by atoms with Gasteiger partial charge in [-0.2, -0.15) is 11.8 Å². The van der Waals surface area contributed by atoms with E-state index in [1.54, 1.807) is 16.7 Å². The fourth-order valence-electron chi connectivity index (χ4n) is 2.80. The van der Waals surface area contributed by atoms with Gasteiger partial charge in [-0.15, -0.1) is 0 Å². The number of nitrogens with zero attached hydrogens (tertiary/aromatic N) is 3. The number of fused-ring (bicyclic) bond motifs is 1. The van der Waals surface area contributed by atoms with Gasteiger partial charge >= 0.3 is 5.97 Å². The molecule has 7 nitrogen and oxygen atoms in total. The number of morpholine rings is 1. The number of ether oxygens (including phenoxy) is 1. The van der Waals surface area contributed by atoms with E-state index in [9.17, 15) is 9.59 Å². The first-order valence-electron chi connectivity index (χ1n) is 7.65. The number of rotatable bonds is 5. The second-order valence-corrected chi connectivity index (χ2v) is 6.44. The number of imidazole rings is 1. The summed E-state index contributed by atoms with van der Waals surface area (Å²) < 4.78 is 7.09. The number of thioether (sulfide) groups is 1. The van der Waals surface area contributed by atoms with Gasteiger partial charge in [0.25, 0.3) is 0 Å². The van der Waals surface area contributed by atoms with Gasteiger partial charge in [-0.25, -0.2) is 9.78 Å². The topological polar surface area (TPSA) is 84.7 Å². The van der Waals surface area contributed by atoms with Crippen molar-refractivity contribution in [1.29, 1.82) is 0 Å². The van der Waals surface area contributed by atoms with Gasteiger partial charge in [0.2, 0.25) is 5.91 Å². The van der Waals surface area contributed by atoms with E-state index in [1.807, 2.05) is 35.1 Å². The van der Waals surface area contributed by atoms with Crippen LogP contribution < -0.4 is 0 Å². The Labute approximate surface area is 143 Å². The molecule has 128 valence electrons. The Morgan fingerprint density at radius 1 is 1.42 bits per heavy atom. The Morgan fingerprint density at radius 2 is 2.21 bits per heavy atom. The fourth-order valence-corrected chi connectivity index (χ4v) is 3.28. The number of hydrogen-bond acceptors (Lipinski definition) is 5. The molecule has 1 aromatic carbocycles. The number of para-hydroxylation sites is 2. The second-order valence-electron chi connectivity index (χ2n) is 5.57. The molecule has 1 aliphatic rings. The molecule has 1 saturated heterocycles. The molecule has 1 aliphatic heterocycles. The first-order chi connectivity index (χ1) is 11.6. The van der Waals surface area contributed by atoms with Gasteiger partial charge in [0.1, 0.15) is 12.4 Å². The van der Waals surface area contributed by atoms with Crippen LogP contribution >= 0.6 is 11.8 Å². The molecule has 1 N–H and O–H groups in total. The van der Waals surface area contributed by atoms with Crippen LogP contribution in [0.4, 0.5) is 0 Å². The highest BCUT2D eigenvalue weighted by Gasteiger charge is 2.29. The van der Waals surface area contributed by atoms with Crippen molar-refractivity contribution >= 4 is 34.7 Å². The molecular weight excluding hydrogens is 330 g/mol. The number of carbonyl (C=O) groups is 2. The second kappa shape index (κ2) is 7.23. The summed E-state index contributed by atoms with van der Waals surface area (Å²) in [7, 11) is 0. The quantitative estimate of drug-likeness (QED) is 0.873. The number of carboxylic acids is 1. The van der Waals surface area contributed by atoms with Crippen molar-refractivity contribution in [3.8, 4) is 0 Å². The molecule has 0 bridgehead atoms. The Kier molecular flexibility index (Phi) is 5.06. The molecular formula is C16H19N3O4S. The van der Waals surface area contributed by atoms with Crippen LogP contribution in [0.5, 0.6) is 0 Å². The van der Waals surface area contributed by atoms with Gasteiger partial charge in [-0.1, -0.05) is 12.1 Å². The zero-order valence-electron chi connectivity index (χ0n) is 13.3. The van der Waals surface area contributed by atoms with E-state index in [0.29, 0.717) is 12.3 Å². The minimum Gasteiger partial charge on any atom is -0.479 e. The van der Waals surface area contributed by atoms with E-state index in [2.05, 4.69) is 4.98 Å². The van der Waals surface area contributed by atoms with Gasteiger partial charge in [0.05, 0.1) is 29.9 Å². The van der Waals surface area contributed by atoms with Gasteiger partial charge in [-0.3, -0.25) is 4.79 Å². The maximum absolute atomic E-state index is 12.7. The molecule has 1 fully saturated rings. The lowest BCUT2D eigenvalue weighted by Gasteiger charge is -2.31. The van der Waals surface area contributed by atoms with Crippen molar-refractivity contribution < 1.29 is 19.4 Å². The molecule has 1 amide bonds. The van der Waals surface area contributed by atoms with Crippen LogP contribution in [-0.2, 0) is 26.6 Å². The van der Waals surface area contributed by atoms with Crippen molar-refractivity contribution in [1.82, 2.24) is 14.5 Å². The van der Waals surface area contributed by atoms with Crippen molar-refractivity contribution in [2.75, 3.05) is 26.0 Å². The number of aromatic nitrogens is 2. The molecule has 1 aromatic heterocycles. The average molecular weight is 349 g/mol. The number of carbonyl (C=O) groups excluding carboxylic acids is 1. The first-order valence-corrected chi connectivity index (χ1v) is 9.05. The molecule has 24 heavy (non-hydrogen) atoms. The predicted molar refractivity (Wildman–Crippen MR) is 90.9 cm³/mol. The van der Waals surface area contributed by atoms with E-state index in [4.69, 9.17) is 9.84 Å². The third kappa shape index (κ3) is 3.39. The highest BCUT2D eigenvalue weighted by atomic mass is 32.2. The molecule has 1 atom stereocenters. The molecule has 0 spiro atoms. The van der Waals surface area contributed by atoms with Gasteiger partial charge in [0, 0.05) is 6.54 Å². The summed E-state index contributed by atoms with van der Waals surface area (Å²) in [5.41, 5.74) is 1.78. The van der Waals surface area contributed by atoms with Gasteiger partial charge in [-0.05, 0) is 18.4 Å². The highest BCUT2D eigenvalue weighted by molar-refractivity contribution is 7.97. The fraction of sp³-hybridized carbons (Fsp3) is 0.438. The van der Waals surface area contributed by atoms with E-state index in [-0.39, 0.29) is 25.6 Å². The number of hydrogen-bond donors (Lipinski definition) is 1. The Balaban J connectivity index is 1.82. The SMILES string of the molecule is CSCc1nc2ccccc2n1CC(=O)N1CCO[C@H](C(=O)O)C1. The molecule has 2 aromatic rings. The van der Waals surface area contributed by atoms with Crippen LogP contribution in [0.1, 0.15) is 5.82 Å². The van der Waals surface area contributed by atoms with Crippen LogP contribution in [0, 0.1) is 0 Å². The largest absolute Gasteiger partial charge is 0.479 e. The lowest BCUT2D eigenvalue weighted by molar-refractivity contribution is -0.159. The number of aliphatic carboxylic acids is 1. The third-order valence-electron chi connectivity index (χ3n) is 4.00. The zero-order chi connectivity index (χ0) is 17.1. The Bertz CT molecular complexity index is 761. The van der Waals surface area contributed by atoms with Crippen molar-refractivity contribution in [3.63, 3.8) is 0 Å². The van der Waals surface area contributed by atoms with Crippen LogP contribution in [0.25, 0.3) is 11.0 Å². The summed E-state index contributed by atoms with van der Waals surface area (Å²) in [6.45, 7) is 0.888. The monoisotopic (exact) mass is 349 g/mol. The number of amides is 1. The maximum Gasteiger partial charge on any atom is 0.334 e. The highest BCUT2D eigenvalue weighted by Crippen LogP contribution is 2.19. The molecule has 0 aliphatic carbocycles. The van der Waals surface area contributed by atoms with Crippen molar-refractivity contribution in [2.24, 2.45) is 0 Å². The molecule has 8 heteroatoms. The van der Waals surface area contributed by atoms with E-state index in [1.165, 1.54) is 0 Å². The summed E-state index contributed by atoms with van der Waals surface area (Å²) in [4.78, 5) is 29.9. The Morgan fingerprint density at radius 3 is 2.96 bits per heavy atom. The van der Waals surface area contributed by atoms with Crippen LogP contribution in [0.15, 0.2) is 24.3 Å². The normalized spacial score (nSPS) is 18.0. The van der Waals surface area contributed by atoms with Crippen LogP contribution in [-0.4, -0.2) is 63.5 Å². The lowest BCUT2D eigenvalue weighted by atomic mass is 10.2. The number of carboxylic acid groups (broad SMARTS) is 1. The molecule has 3 rings (SSSR count). The zero-order valence-corrected chi connectivity index (χ0v) is 14.2. The smallest absolute Gasteiger partial charge is 0.334 e. The van der Waals surface area contributed by atoms with Crippen molar-refractivity contribution in [2.45, 2.75) is 18.4 Å². The summed E-state index contributed by atoms with van der Waals surface area (Å²) in [6, 6.07) is 7.71. The van der Waals surface area contributed by atoms with Gasteiger partial charge < -0.3 is 19.3 Å². The molecule has 0 unspecified atom stereocenters. The summed E-state index contributed by atoms with van der Waals surface area (Å²) >= 11 is 1.65. The van der Waals surface area contributed by atoms with E-state index >= 15 is 0 Å². The maximum atomic E-state index is 12.7. The van der Waals surface area contributed by atoms with E-state index in [0.717, 1.165) is 16.9 Å². The van der Waals surface area contributed by atoms with Crippen molar-refractivity contribution in [3.05, 3.63) is 30.1 Å². The lowest BCUT2D eigenvalue weighted by Crippen LogP contribution is -2.49. The number of benzene rings is 1. The summed E-state index contributed by atoms with van der Waals surface area (Å²) in [5, 5.41) is 9.07. The van der Waals surface area contributed by atoms with E-state index < -0.39 is 12.1 Å².